The predicted octanol–water partition coefficient (Wildman–Crippen LogP) is 2.34. The van der Waals surface area contributed by atoms with Gasteiger partial charge in [0.15, 0.2) is 0 Å². The number of nitrogens with one attached hydrogen (secondary N) is 2. The number of aromatic nitrogens is 2. The van der Waals surface area contributed by atoms with E-state index in [2.05, 4.69) is 36.2 Å². The number of aryl methyl sites for hydroxylation is 1. The van der Waals surface area contributed by atoms with Crippen molar-refractivity contribution in [1.29, 1.82) is 0 Å². The van der Waals surface area contributed by atoms with Crippen LogP contribution in [0.2, 0.25) is 0 Å². The lowest BCUT2D eigenvalue weighted by Gasteiger charge is -2.12. The number of ether oxygens (including phenoxy) is 1. The van der Waals surface area contributed by atoms with Gasteiger partial charge in [-0.3, -0.25) is 0 Å². The third kappa shape index (κ3) is 5.15. The highest BCUT2D eigenvalue weighted by molar-refractivity contribution is 9.10. The zero-order chi connectivity index (χ0) is 17.6. The Bertz CT molecular complexity index is 782. The largest absolute Gasteiger partial charge is 0.492 e. The lowest BCUT2D eigenvalue weighted by atomic mass is 10.3. The van der Waals surface area contributed by atoms with Gasteiger partial charge in [-0.2, -0.15) is 5.10 Å². The van der Waals surface area contributed by atoms with Gasteiger partial charge in [-0.15, -0.1) is 5.10 Å². The summed E-state index contributed by atoms with van der Waals surface area (Å²) in [6.45, 7) is 4.62. The number of hydrogen-bond acceptors (Lipinski definition) is 6. The van der Waals surface area contributed by atoms with Gasteiger partial charge in [-0.25, -0.2) is 13.1 Å². The van der Waals surface area contributed by atoms with E-state index in [1.807, 2.05) is 13.0 Å². The van der Waals surface area contributed by atoms with Gasteiger partial charge in [0.25, 0.3) is 0 Å². The van der Waals surface area contributed by atoms with Gasteiger partial charge in [0.2, 0.25) is 10.0 Å². The zero-order valence-electron chi connectivity index (χ0n) is 13.4. The van der Waals surface area contributed by atoms with E-state index >= 15 is 0 Å². The fourth-order valence-electron chi connectivity index (χ4n) is 1.91. The molecule has 130 valence electrons. The van der Waals surface area contributed by atoms with E-state index in [0.717, 1.165) is 5.69 Å². The number of hydrogen-bond donors (Lipinski definition) is 2. The SMILES string of the molecule is CCOc1ccc(Br)cc1S(=O)(=O)NCCNc1ccc(C)nn1. The highest BCUT2D eigenvalue weighted by Crippen LogP contribution is 2.27. The number of nitrogens with zero attached hydrogens (tertiary/aromatic N) is 2. The first kappa shape index (κ1) is 18.6. The molecule has 0 aliphatic carbocycles. The molecule has 1 heterocycles. The number of benzene rings is 1. The molecule has 0 aliphatic rings. The Hall–Kier alpha value is -1.71. The van der Waals surface area contributed by atoms with Crippen molar-refractivity contribution >= 4 is 31.8 Å². The summed E-state index contributed by atoms with van der Waals surface area (Å²) in [5.41, 5.74) is 0.819. The summed E-state index contributed by atoms with van der Waals surface area (Å²) < 4.78 is 33.5. The highest BCUT2D eigenvalue weighted by atomic mass is 79.9. The zero-order valence-corrected chi connectivity index (χ0v) is 15.8. The maximum atomic E-state index is 12.5. The molecule has 1 aromatic heterocycles. The third-order valence-electron chi connectivity index (χ3n) is 3.02. The first-order chi connectivity index (χ1) is 11.4. The van der Waals surface area contributed by atoms with Gasteiger partial charge in [-0.1, -0.05) is 15.9 Å². The van der Waals surface area contributed by atoms with Crippen LogP contribution in [0.15, 0.2) is 39.7 Å². The molecule has 1 aromatic carbocycles. The summed E-state index contributed by atoms with van der Waals surface area (Å²) in [5, 5.41) is 10.9. The van der Waals surface area contributed by atoms with Crippen molar-refractivity contribution in [3.63, 3.8) is 0 Å². The van der Waals surface area contributed by atoms with Crippen LogP contribution in [-0.2, 0) is 10.0 Å². The molecule has 0 atom stereocenters. The van der Waals surface area contributed by atoms with Gasteiger partial charge < -0.3 is 10.1 Å². The van der Waals surface area contributed by atoms with Crippen LogP contribution in [0.3, 0.4) is 0 Å². The van der Waals surface area contributed by atoms with Crippen LogP contribution >= 0.6 is 15.9 Å². The molecule has 9 heteroatoms. The van der Waals surface area contributed by atoms with E-state index in [9.17, 15) is 8.42 Å². The van der Waals surface area contributed by atoms with Crippen LogP contribution in [0.1, 0.15) is 12.6 Å². The van der Waals surface area contributed by atoms with Crippen LogP contribution in [0, 0.1) is 6.92 Å². The molecule has 2 N–H and O–H groups in total. The Kier molecular flexibility index (Phi) is 6.52. The molecule has 0 aliphatic heterocycles. The summed E-state index contributed by atoms with van der Waals surface area (Å²) in [6.07, 6.45) is 0. The van der Waals surface area contributed by atoms with Crippen molar-refractivity contribution in [3.05, 3.63) is 40.5 Å². The molecule has 24 heavy (non-hydrogen) atoms. The monoisotopic (exact) mass is 414 g/mol. The van der Waals surface area contributed by atoms with Crippen molar-refractivity contribution in [2.75, 3.05) is 25.0 Å². The maximum Gasteiger partial charge on any atom is 0.244 e. The lowest BCUT2D eigenvalue weighted by Crippen LogP contribution is -2.29. The maximum absolute atomic E-state index is 12.5. The third-order valence-corrected chi connectivity index (χ3v) is 4.99. The van der Waals surface area contributed by atoms with E-state index in [-0.39, 0.29) is 11.4 Å². The van der Waals surface area contributed by atoms with Crippen LogP contribution in [0.5, 0.6) is 5.75 Å². The second-order valence-electron chi connectivity index (χ2n) is 4.91. The molecule has 0 saturated heterocycles. The van der Waals surface area contributed by atoms with E-state index in [0.29, 0.717) is 29.2 Å². The average molecular weight is 415 g/mol. The summed E-state index contributed by atoms with van der Waals surface area (Å²) in [4.78, 5) is 0.105. The highest BCUT2D eigenvalue weighted by Gasteiger charge is 2.19. The number of rotatable bonds is 8. The van der Waals surface area contributed by atoms with Gasteiger partial charge in [-0.05, 0) is 44.2 Å². The Morgan fingerprint density at radius 3 is 2.62 bits per heavy atom. The van der Waals surface area contributed by atoms with Crippen molar-refractivity contribution in [3.8, 4) is 5.75 Å². The van der Waals surface area contributed by atoms with Crippen molar-refractivity contribution < 1.29 is 13.2 Å². The predicted molar refractivity (Wildman–Crippen MR) is 95.8 cm³/mol. The molecule has 0 bridgehead atoms. The molecule has 2 rings (SSSR count). The fraction of sp³-hybridized carbons (Fsp3) is 0.333. The van der Waals surface area contributed by atoms with Gasteiger partial charge in [0.1, 0.15) is 16.5 Å². The molecule has 0 radical (unpaired) electrons. The first-order valence-electron chi connectivity index (χ1n) is 7.38. The minimum absolute atomic E-state index is 0.105. The molecule has 2 aromatic rings. The Morgan fingerprint density at radius 1 is 1.17 bits per heavy atom. The van der Waals surface area contributed by atoms with Crippen LogP contribution in [0.4, 0.5) is 5.82 Å². The van der Waals surface area contributed by atoms with E-state index in [1.54, 1.807) is 25.1 Å². The number of sulfonamides is 1. The minimum atomic E-state index is -3.68. The molecular weight excluding hydrogens is 396 g/mol. The Morgan fingerprint density at radius 2 is 1.96 bits per heavy atom. The van der Waals surface area contributed by atoms with Gasteiger partial charge in [0, 0.05) is 17.6 Å². The quantitative estimate of drug-likeness (QED) is 0.643. The molecule has 7 nitrogen and oxygen atoms in total. The summed E-state index contributed by atoms with van der Waals surface area (Å²) in [5.74, 6) is 0.919. The first-order valence-corrected chi connectivity index (χ1v) is 9.66. The Labute approximate surface area is 150 Å². The number of halogens is 1. The van der Waals surface area contributed by atoms with Gasteiger partial charge >= 0.3 is 0 Å². The smallest absolute Gasteiger partial charge is 0.244 e. The summed E-state index contributed by atoms with van der Waals surface area (Å²) >= 11 is 3.28. The molecule has 0 spiro atoms. The molecule has 0 fully saturated rings. The van der Waals surface area contributed by atoms with E-state index in [4.69, 9.17) is 4.74 Å². The van der Waals surface area contributed by atoms with Crippen molar-refractivity contribution in [1.82, 2.24) is 14.9 Å². The normalized spacial score (nSPS) is 11.3. The van der Waals surface area contributed by atoms with E-state index in [1.165, 1.54) is 6.07 Å². The van der Waals surface area contributed by atoms with Crippen molar-refractivity contribution in [2.24, 2.45) is 0 Å². The Balaban J connectivity index is 1.98. The van der Waals surface area contributed by atoms with Crippen LogP contribution in [-0.4, -0.2) is 38.3 Å². The van der Waals surface area contributed by atoms with Crippen molar-refractivity contribution in [2.45, 2.75) is 18.7 Å². The topological polar surface area (TPSA) is 93.2 Å². The number of anilines is 1. The minimum Gasteiger partial charge on any atom is -0.492 e. The molecule has 0 saturated carbocycles. The summed E-state index contributed by atoms with van der Waals surface area (Å²) in [7, 11) is -3.68. The molecule has 0 unspecified atom stereocenters. The van der Waals surface area contributed by atoms with Crippen LogP contribution in [0.25, 0.3) is 0 Å². The lowest BCUT2D eigenvalue weighted by molar-refractivity contribution is 0.331. The second-order valence-corrected chi connectivity index (χ2v) is 7.56. The van der Waals surface area contributed by atoms with Gasteiger partial charge in [0.05, 0.1) is 12.3 Å². The van der Waals surface area contributed by atoms with Crippen LogP contribution < -0.4 is 14.8 Å². The standard InChI is InChI=1S/C15H19BrN4O3S/c1-3-23-13-6-5-12(16)10-14(13)24(21,22)18-9-8-17-15-7-4-11(2)19-20-15/h4-7,10,18H,3,8-9H2,1-2H3,(H,17,20). The van der Waals surface area contributed by atoms with E-state index < -0.39 is 10.0 Å². The molecule has 0 amide bonds. The second kappa shape index (κ2) is 8.41. The average Bonchev–Trinajstić information content (AvgIpc) is 2.55. The molecular formula is C15H19BrN4O3S. The summed E-state index contributed by atoms with van der Waals surface area (Å²) in [6, 6.07) is 8.50. The fourth-order valence-corrected chi connectivity index (χ4v) is 3.63.